The lowest BCUT2D eigenvalue weighted by atomic mass is 10.00. The molecule has 1 aliphatic rings. The molecule has 1 aliphatic heterocycles. The zero-order chi connectivity index (χ0) is 22.6. The van der Waals surface area contributed by atoms with Crippen molar-refractivity contribution in [2.45, 2.75) is 31.5 Å². The number of nitrogens with zero attached hydrogens (tertiary/aromatic N) is 3. The van der Waals surface area contributed by atoms with E-state index >= 15 is 0 Å². The molecule has 1 saturated heterocycles. The van der Waals surface area contributed by atoms with Crippen LogP contribution in [0.3, 0.4) is 0 Å². The van der Waals surface area contributed by atoms with Gasteiger partial charge < -0.3 is 9.57 Å². The summed E-state index contributed by atoms with van der Waals surface area (Å²) in [6, 6.07) is 18.4. The number of aryl methyl sites for hydroxylation is 2. The maximum absolute atomic E-state index is 6.02. The molecule has 2 heterocycles. The first-order valence-electron chi connectivity index (χ1n) is 10.8. The first kappa shape index (κ1) is 22.8. The molecule has 0 atom stereocenters. The van der Waals surface area contributed by atoms with Crippen LogP contribution in [0.1, 0.15) is 36.2 Å². The Balaban J connectivity index is 1.40. The van der Waals surface area contributed by atoms with Crippen LogP contribution in [-0.2, 0) is 22.6 Å². The summed E-state index contributed by atoms with van der Waals surface area (Å²) in [5.74, 6) is 4.40. The van der Waals surface area contributed by atoms with Crippen LogP contribution in [0.4, 0.5) is 0 Å². The van der Waals surface area contributed by atoms with Crippen LogP contribution in [0.5, 0.6) is 11.6 Å². The van der Waals surface area contributed by atoms with Gasteiger partial charge in [0.25, 0.3) is 0 Å². The highest BCUT2D eigenvalue weighted by Crippen LogP contribution is 2.56. The smallest absolute Gasteiger partial charge is 0.226 e. The Kier molecular flexibility index (Phi) is 7.16. The Morgan fingerprint density at radius 1 is 1.09 bits per heavy atom. The lowest BCUT2D eigenvalue weighted by Crippen LogP contribution is -2.21. The monoisotopic (exact) mass is 467 g/mol. The molecule has 3 aromatic rings. The van der Waals surface area contributed by atoms with Crippen LogP contribution in [-0.4, -0.2) is 27.5 Å². The first-order chi connectivity index (χ1) is 15.5. The number of para-hydroxylation sites is 1. The quantitative estimate of drug-likeness (QED) is 0.285. The van der Waals surface area contributed by atoms with Gasteiger partial charge in [-0.2, -0.15) is 5.10 Å². The van der Waals surface area contributed by atoms with E-state index in [2.05, 4.69) is 71.9 Å². The van der Waals surface area contributed by atoms with Gasteiger partial charge in [-0.25, -0.2) is 4.68 Å². The van der Waals surface area contributed by atoms with Crippen molar-refractivity contribution in [2.75, 3.05) is 11.5 Å². The van der Waals surface area contributed by atoms with E-state index in [-0.39, 0.29) is 4.08 Å². The Labute approximate surface area is 198 Å². The number of aromatic nitrogens is 2. The molecule has 0 radical (unpaired) electrons. The number of hydrogen-bond acceptors (Lipinski definition) is 6. The molecule has 0 aliphatic carbocycles. The normalized spacial score (nSPS) is 15.5. The lowest BCUT2D eigenvalue weighted by molar-refractivity contribution is 0.132. The lowest BCUT2D eigenvalue weighted by Gasteiger charge is -2.32. The van der Waals surface area contributed by atoms with Crippen molar-refractivity contribution in [3.05, 3.63) is 77.0 Å². The summed E-state index contributed by atoms with van der Waals surface area (Å²) in [6.45, 7) is 6.97. The molecule has 7 heteroatoms. The summed E-state index contributed by atoms with van der Waals surface area (Å²) in [4.78, 5) is 5.60. The number of rotatable bonds is 8. The van der Waals surface area contributed by atoms with Gasteiger partial charge in [0.05, 0.1) is 21.6 Å². The maximum atomic E-state index is 6.02. The standard InChI is InChI=1S/C25H29N3O2S2/c1-18(2)25(31-14-15-32-25)21-12-10-20(11-13-21)17-29-26-16-23-19(3)27-28(4)24(23)30-22-8-6-5-7-9-22/h5-13,16,18H,14-15,17H2,1-4H3. The summed E-state index contributed by atoms with van der Waals surface area (Å²) in [5.41, 5.74) is 4.13. The molecule has 1 fully saturated rings. The summed E-state index contributed by atoms with van der Waals surface area (Å²) in [6.07, 6.45) is 1.68. The van der Waals surface area contributed by atoms with Crippen molar-refractivity contribution in [3.8, 4) is 11.6 Å². The summed E-state index contributed by atoms with van der Waals surface area (Å²) < 4.78 is 7.90. The minimum absolute atomic E-state index is 0.171. The van der Waals surface area contributed by atoms with Gasteiger partial charge in [-0.1, -0.05) is 61.5 Å². The van der Waals surface area contributed by atoms with Crippen molar-refractivity contribution in [1.82, 2.24) is 9.78 Å². The molecule has 2 aromatic carbocycles. The average molecular weight is 468 g/mol. The second-order valence-electron chi connectivity index (χ2n) is 8.07. The van der Waals surface area contributed by atoms with Crippen molar-refractivity contribution in [1.29, 1.82) is 0 Å². The molecule has 0 N–H and O–H groups in total. The highest BCUT2D eigenvalue weighted by atomic mass is 32.2. The van der Waals surface area contributed by atoms with Crippen LogP contribution in [0.2, 0.25) is 0 Å². The van der Waals surface area contributed by atoms with Gasteiger partial charge in [0.15, 0.2) is 0 Å². The number of oxime groups is 1. The Morgan fingerprint density at radius 2 is 1.78 bits per heavy atom. The van der Waals surface area contributed by atoms with E-state index in [0.29, 0.717) is 18.4 Å². The molecule has 0 saturated carbocycles. The number of hydrogen-bond donors (Lipinski definition) is 0. The second-order valence-corrected chi connectivity index (χ2v) is 11.0. The highest BCUT2D eigenvalue weighted by molar-refractivity contribution is 8.20. The number of benzene rings is 2. The van der Waals surface area contributed by atoms with Gasteiger partial charge >= 0.3 is 0 Å². The van der Waals surface area contributed by atoms with E-state index < -0.39 is 0 Å². The molecule has 0 spiro atoms. The molecule has 5 nitrogen and oxygen atoms in total. The fourth-order valence-electron chi connectivity index (χ4n) is 3.82. The van der Waals surface area contributed by atoms with Crippen LogP contribution in [0.15, 0.2) is 59.8 Å². The van der Waals surface area contributed by atoms with Gasteiger partial charge in [0.1, 0.15) is 12.4 Å². The van der Waals surface area contributed by atoms with Gasteiger partial charge in [-0.3, -0.25) is 0 Å². The minimum Gasteiger partial charge on any atom is -0.439 e. The zero-order valence-corrected chi connectivity index (χ0v) is 20.6. The molecular weight excluding hydrogens is 438 g/mol. The van der Waals surface area contributed by atoms with E-state index in [1.165, 1.54) is 17.1 Å². The molecule has 168 valence electrons. The van der Waals surface area contributed by atoms with Gasteiger partial charge in [0, 0.05) is 18.6 Å². The third-order valence-corrected chi connectivity index (χ3v) is 9.55. The van der Waals surface area contributed by atoms with Gasteiger partial charge in [0.2, 0.25) is 5.88 Å². The van der Waals surface area contributed by atoms with E-state index in [1.54, 1.807) is 10.9 Å². The maximum Gasteiger partial charge on any atom is 0.226 e. The Bertz CT molecular complexity index is 1060. The van der Waals surface area contributed by atoms with Crippen LogP contribution in [0.25, 0.3) is 0 Å². The van der Waals surface area contributed by atoms with Crippen LogP contribution >= 0.6 is 23.5 Å². The van der Waals surface area contributed by atoms with E-state index in [1.807, 2.05) is 44.3 Å². The van der Waals surface area contributed by atoms with E-state index in [0.717, 1.165) is 22.6 Å². The predicted octanol–water partition coefficient (Wildman–Crippen LogP) is 6.36. The van der Waals surface area contributed by atoms with Crippen molar-refractivity contribution in [3.63, 3.8) is 0 Å². The minimum atomic E-state index is 0.171. The molecule has 4 rings (SSSR count). The van der Waals surface area contributed by atoms with E-state index in [4.69, 9.17) is 9.57 Å². The molecular formula is C25H29N3O2S2. The van der Waals surface area contributed by atoms with Crippen LogP contribution in [0, 0.1) is 12.8 Å². The first-order valence-corrected chi connectivity index (χ1v) is 12.8. The van der Waals surface area contributed by atoms with E-state index in [9.17, 15) is 0 Å². The average Bonchev–Trinajstić information content (AvgIpc) is 3.39. The number of ether oxygens (including phenoxy) is 1. The third kappa shape index (κ3) is 4.84. The summed E-state index contributed by atoms with van der Waals surface area (Å²) in [7, 11) is 1.86. The summed E-state index contributed by atoms with van der Waals surface area (Å²) in [5, 5.41) is 8.64. The van der Waals surface area contributed by atoms with Crippen molar-refractivity contribution in [2.24, 2.45) is 18.1 Å². The molecule has 32 heavy (non-hydrogen) atoms. The third-order valence-electron chi connectivity index (χ3n) is 5.49. The fourth-order valence-corrected chi connectivity index (χ4v) is 7.20. The molecule has 0 bridgehead atoms. The zero-order valence-electron chi connectivity index (χ0n) is 18.9. The van der Waals surface area contributed by atoms with Crippen molar-refractivity contribution >= 4 is 29.7 Å². The molecule has 0 amide bonds. The summed E-state index contributed by atoms with van der Waals surface area (Å²) >= 11 is 4.14. The van der Waals surface area contributed by atoms with Crippen LogP contribution < -0.4 is 4.74 Å². The number of thioether (sulfide) groups is 2. The van der Waals surface area contributed by atoms with Gasteiger partial charge in [-0.05, 0) is 36.1 Å². The SMILES string of the molecule is Cc1nn(C)c(Oc2ccccc2)c1C=NOCc1ccc(C2(C(C)C)SCCS2)cc1. The largest absolute Gasteiger partial charge is 0.439 e. The fraction of sp³-hybridized carbons (Fsp3) is 0.360. The Morgan fingerprint density at radius 3 is 2.44 bits per heavy atom. The van der Waals surface area contributed by atoms with Gasteiger partial charge in [-0.15, -0.1) is 23.5 Å². The van der Waals surface area contributed by atoms with Crippen molar-refractivity contribution < 1.29 is 9.57 Å². The Hall–Kier alpha value is -2.38. The second kappa shape index (κ2) is 10.0. The highest BCUT2D eigenvalue weighted by Gasteiger charge is 2.40. The molecule has 0 unspecified atom stereocenters. The predicted molar refractivity (Wildman–Crippen MR) is 135 cm³/mol. The molecule has 1 aromatic heterocycles. The topological polar surface area (TPSA) is 48.6 Å².